The van der Waals surface area contributed by atoms with Gasteiger partial charge in [-0.15, -0.1) is 0 Å². The normalized spacial score (nSPS) is 12.2. The van der Waals surface area contributed by atoms with Gasteiger partial charge in [0.05, 0.1) is 5.92 Å². The number of carbonyl (C=O) groups excluding carboxylic acids is 2. The SMILES string of the molecule is CC(C)C(=O)OC(Br)C(=O)c1ccccc1. The third-order valence-electron chi connectivity index (χ3n) is 1.96. The van der Waals surface area contributed by atoms with Gasteiger partial charge in [-0.25, -0.2) is 0 Å². The lowest BCUT2D eigenvalue weighted by Gasteiger charge is -2.12. The lowest BCUT2D eigenvalue weighted by Crippen LogP contribution is -2.24. The van der Waals surface area contributed by atoms with Crippen LogP contribution < -0.4 is 0 Å². The van der Waals surface area contributed by atoms with Gasteiger partial charge in [0.1, 0.15) is 0 Å². The number of hydrogen-bond donors (Lipinski definition) is 0. The largest absolute Gasteiger partial charge is 0.442 e. The lowest BCUT2D eigenvalue weighted by atomic mass is 10.1. The maximum Gasteiger partial charge on any atom is 0.309 e. The Morgan fingerprint density at radius 3 is 2.25 bits per heavy atom. The summed E-state index contributed by atoms with van der Waals surface area (Å²) in [6.07, 6.45) is 0. The van der Waals surface area contributed by atoms with Crippen LogP contribution in [0.15, 0.2) is 30.3 Å². The van der Waals surface area contributed by atoms with Gasteiger partial charge in [-0.3, -0.25) is 9.59 Å². The average molecular weight is 285 g/mol. The van der Waals surface area contributed by atoms with Gasteiger partial charge in [-0.05, 0) is 15.9 Å². The zero-order valence-corrected chi connectivity index (χ0v) is 10.7. The topological polar surface area (TPSA) is 43.4 Å². The summed E-state index contributed by atoms with van der Waals surface area (Å²) < 4.78 is 4.96. The lowest BCUT2D eigenvalue weighted by molar-refractivity contribution is -0.147. The van der Waals surface area contributed by atoms with E-state index in [0.717, 1.165) is 0 Å². The Labute approximate surface area is 103 Å². The van der Waals surface area contributed by atoms with Crippen LogP contribution in [0.2, 0.25) is 0 Å². The first kappa shape index (κ1) is 12.9. The van der Waals surface area contributed by atoms with Gasteiger partial charge < -0.3 is 4.74 Å². The summed E-state index contributed by atoms with van der Waals surface area (Å²) >= 11 is 3.06. The number of alkyl halides is 1. The second kappa shape index (κ2) is 5.80. The molecule has 0 bridgehead atoms. The van der Waals surface area contributed by atoms with Crippen LogP contribution >= 0.6 is 15.9 Å². The van der Waals surface area contributed by atoms with Crippen molar-refractivity contribution < 1.29 is 14.3 Å². The number of ether oxygens (including phenoxy) is 1. The van der Waals surface area contributed by atoms with Gasteiger partial charge in [0, 0.05) is 5.56 Å². The van der Waals surface area contributed by atoms with E-state index in [1.807, 2.05) is 6.07 Å². The highest BCUT2D eigenvalue weighted by atomic mass is 79.9. The fraction of sp³-hybridized carbons (Fsp3) is 0.333. The highest BCUT2D eigenvalue weighted by Gasteiger charge is 2.22. The molecule has 1 rings (SSSR count). The van der Waals surface area contributed by atoms with Crippen LogP contribution in [0.5, 0.6) is 0 Å². The Balaban J connectivity index is 2.65. The van der Waals surface area contributed by atoms with Gasteiger partial charge >= 0.3 is 5.97 Å². The summed E-state index contributed by atoms with van der Waals surface area (Å²) in [5, 5.41) is -0.912. The van der Waals surface area contributed by atoms with Gasteiger partial charge in [0.25, 0.3) is 0 Å². The standard InChI is InChI=1S/C12H13BrO3/c1-8(2)12(15)16-11(13)10(14)9-6-4-3-5-7-9/h3-8,11H,1-2H3. The van der Waals surface area contributed by atoms with Crippen molar-refractivity contribution in [1.29, 1.82) is 0 Å². The Kier molecular flexibility index (Phi) is 4.68. The van der Waals surface area contributed by atoms with E-state index >= 15 is 0 Å². The first-order valence-corrected chi connectivity index (χ1v) is 5.87. The zero-order valence-electron chi connectivity index (χ0n) is 9.14. The number of carbonyl (C=O) groups is 2. The zero-order chi connectivity index (χ0) is 12.1. The molecule has 16 heavy (non-hydrogen) atoms. The predicted molar refractivity (Wildman–Crippen MR) is 64.4 cm³/mol. The number of ketones is 1. The maximum absolute atomic E-state index is 11.8. The Morgan fingerprint density at radius 2 is 1.75 bits per heavy atom. The van der Waals surface area contributed by atoms with Crippen LogP contribution in [-0.4, -0.2) is 16.8 Å². The van der Waals surface area contributed by atoms with Crippen LogP contribution in [0.3, 0.4) is 0 Å². The van der Waals surface area contributed by atoms with E-state index in [-0.39, 0.29) is 11.7 Å². The van der Waals surface area contributed by atoms with Crippen LogP contribution in [0.4, 0.5) is 0 Å². The number of hydrogen-bond acceptors (Lipinski definition) is 3. The van der Waals surface area contributed by atoms with E-state index in [0.29, 0.717) is 5.56 Å². The van der Waals surface area contributed by atoms with Crippen molar-refractivity contribution in [2.24, 2.45) is 5.92 Å². The Morgan fingerprint density at radius 1 is 1.19 bits per heavy atom. The molecule has 0 aliphatic heterocycles. The summed E-state index contributed by atoms with van der Waals surface area (Å²) in [7, 11) is 0. The monoisotopic (exact) mass is 284 g/mol. The molecular weight excluding hydrogens is 272 g/mol. The fourth-order valence-electron chi connectivity index (χ4n) is 1.03. The molecule has 0 amide bonds. The van der Waals surface area contributed by atoms with E-state index < -0.39 is 11.0 Å². The van der Waals surface area contributed by atoms with Crippen molar-refractivity contribution in [3.8, 4) is 0 Å². The molecular formula is C12H13BrO3. The molecule has 0 heterocycles. The number of benzene rings is 1. The summed E-state index contributed by atoms with van der Waals surface area (Å²) in [5.41, 5.74) is 0.515. The smallest absolute Gasteiger partial charge is 0.309 e. The van der Waals surface area contributed by atoms with Crippen molar-refractivity contribution in [1.82, 2.24) is 0 Å². The van der Waals surface area contributed by atoms with Crippen molar-refractivity contribution in [3.63, 3.8) is 0 Å². The summed E-state index contributed by atoms with van der Waals surface area (Å²) in [6.45, 7) is 3.43. The average Bonchev–Trinajstić information content (AvgIpc) is 2.28. The second-order valence-electron chi connectivity index (χ2n) is 3.64. The maximum atomic E-state index is 11.8. The predicted octanol–water partition coefficient (Wildman–Crippen LogP) is 2.79. The Hall–Kier alpha value is -1.16. The number of rotatable bonds is 4. The van der Waals surface area contributed by atoms with Gasteiger partial charge in [0.15, 0.2) is 0 Å². The highest BCUT2D eigenvalue weighted by molar-refractivity contribution is 9.09. The van der Waals surface area contributed by atoms with E-state index in [1.54, 1.807) is 38.1 Å². The molecule has 0 aliphatic rings. The molecule has 1 unspecified atom stereocenters. The molecule has 4 heteroatoms. The minimum absolute atomic E-state index is 0.247. The molecule has 0 radical (unpaired) electrons. The van der Waals surface area contributed by atoms with Crippen molar-refractivity contribution in [3.05, 3.63) is 35.9 Å². The molecule has 1 aromatic carbocycles. The van der Waals surface area contributed by atoms with Crippen molar-refractivity contribution >= 4 is 27.7 Å². The second-order valence-corrected chi connectivity index (χ2v) is 4.47. The molecule has 0 saturated heterocycles. The highest BCUT2D eigenvalue weighted by Crippen LogP contribution is 2.13. The van der Waals surface area contributed by atoms with E-state index in [9.17, 15) is 9.59 Å². The molecule has 0 saturated carbocycles. The van der Waals surface area contributed by atoms with Crippen LogP contribution in [0.25, 0.3) is 0 Å². The molecule has 0 aliphatic carbocycles. The van der Waals surface area contributed by atoms with Gasteiger partial charge in [0.2, 0.25) is 10.8 Å². The molecule has 3 nitrogen and oxygen atoms in total. The number of esters is 1. The van der Waals surface area contributed by atoms with E-state index in [4.69, 9.17) is 4.74 Å². The third kappa shape index (κ3) is 3.45. The third-order valence-corrected chi connectivity index (χ3v) is 2.56. The van der Waals surface area contributed by atoms with E-state index in [2.05, 4.69) is 15.9 Å². The molecule has 0 fully saturated rings. The van der Waals surface area contributed by atoms with Gasteiger partial charge in [-0.2, -0.15) is 0 Å². The molecule has 1 aromatic rings. The van der Waals surface area contributed by atoms with Crippen LogP contribution in [0, 0.1) is 5.92 Å². The molecule has 86 valence electrons. The fourth-order valence-corrected chi connectivity index (χ4v) is 1.47. The van der Waals surface area contributed by atoms with E-state index in [1.165, 1.54) is 0 Å². The van der Waals surface area contributed by atoms with Crippen molar-refractivity contribution in [2.75, 3.05) is 0 Å². The van der Waals surface area contributed by atoms with Crippen molar-refractivity contribution in [2.45, 2.75) is 18.9 Å². The summed E-state index contributed by atoms with van der Waals surface area (Å²) in [4.78, 5) is 23.1. The summed E-state index contributed by atoms with van der Waals surface area (Å²) in [5.74, 6) is -0.899. The first-order valence-electron chi connectivity index (χ1n) is 4.96. The minimum Gasteiger partial charge on any atom is -0.442 e. The molecule has 0 spiro atoms. The van der Waals surface area contributed by atoms with Crippen LogP contribution in [0.1, 0.15) is 24.2 Å². The molecule has 0 aromatic heterocycles. The first-order chi connectivity index (χ1) is 7.52. The number of halogens is 1. The molecule has 1 atom stereocenters. The number of Topliss-reactive ketones (excluding diaryl/α,β-unsaturated/α-hetero) is 1. The Bertz CT molecular complexity index is 373. The quantitative estimate of drug-likeness (QED) is 0.485. The van der Waals surface area contributed by atoms with Gasteiger partial charge in [-0.1, -0.05) is 44.2 Å². The summed E-state index contributed by atoms with van der Waals surface area (Å²) in [6, 6.07) is 8.70. The van der Waals surface area contributed by atoms with Crippen LogP contribution in [-0.2, 0) is 9.53 Å². The minimum atomic E-state index is -0.912. The molecule has 0 N–H and O–H groups in total.